The molecule has 36 heavy (non-hydrogen) atoms. The summed E-state index contributed by atoms with van der Waals surface area (Å²) in [6.45, 7) is 4.21. The van der Waals surface area contributed by atoms with Gasteiger partial charge in [0.15, 0.2) is 0 Å². The SMILES string of the molecule is CCCCCCCCCCCCCC(=O)N(C)C(C)c1nc2ccccc2c(=O)n1-c1ccccc1. The van der Waals surface area contributed by atoms with Crippen LogP contribution in [0, 0.1) is 0 Å². The van der Waals surface area contributed by atoms with Gasteiger partial charge in [-0.3, -0.25) is 14.2 Å². The fourth-order valence-electron chi connectivity index (χ4n) is 4.76. The van der Waals surface area contributed by atoms with E-state index >= 15 is 0 Å². The predicted molar refractivity (Wildman–Crippen MR) is 150 cm³/mol. The van der Waals surface area contributed by atoms with Crippen LogP contribution in [0.1, 0.15) is 103 Å². The summed E-state index contributed by atoms with van der Waals surface area (Å²) in [7, 11) is 1.82. The Morgan fingerprint density at radius 3 is 2.03 bits per heavy atom. The van der Waals surface area contributed by atoms with Gasteiger partial charge in [-0.05, 0) is 37.6 Å². The lowest BCUT2D eigenvalue weighted by Gasteiger charge is -2.27. The molecule has 1 aromatic heterocycles. The van der Waals surface area contributed by atoms with E-state index in [0.29, 0.717) is 23.1 Å². The number of benzene rings is 2. The summed E-state index contributed by atoms with van der Waals surface area (Å²) in [5.74, 6) is 0.681. The van der Waals surface area contributed by atoms with E-state index in [1.54, 1.807) is 15.5 Å². The molecule has 0 radical (unpaired) electrons. The van der Waals surface area contributed by atoms with E-state index in [1.165, 1.54) is 57.8 Å². The number of nitrogens with zero attached hydrogens (tertiary/aromatic N) is 3. The van der Waals surface area contributed by atoms with Crippen molar-refractivity contribution in [1.29, 1.82) is 0 Å². The zero-order valence-corrected chi connectivity index (χ0v) is 22.4. The molecule has 0 aliphatic heterocycles. The topological polar surface area (TPSA) is 55.2 Å². The first-order chi connectivity index (χ1) is 17.5. The number of para-hydroxylation sites is 2. The molecule has 0 N–H and O–H groups in total. The fourth-order valence-corrected chi connectivity index (χ4v) is 4.76. The van der Waals surface area contributed by atoms with Crippen molar-refractivity contribution in [3.63, 3.8) is 0 Å². The zero-order chi connectivity index (χ0) is 25.8. The number of hydrogen-bond acceptors (Lipinski definition) is 3. The van der Waals surface area contributed by atoms with Gasteiger partial charge in [0.05, 0.1) is 22.6 Å². The number of aromatic nitrogens is 2. The number of rotatable bonds is 15. The molecule has 0 aliphatic carbocycles. The standard InChI is InChI=1S/C31H43N3O2/c1-4-5-6-7-8-9-10-11-12-13-17-24-29(35)33(3)25(2)30-32-28-23-19-18-22-27(28)31(36)34(30)26-20-15-14-16-21-26/h14-16,18-23,25H,4-13,17,24H2,1-3H3. The highest BCUT2D eigenvalue weighted by Gasteiger charge is 2.23. The third-order valence-corrected chi connectivity index (χ3v) is 7.16. The van der Waals surface area contributed by atoms with Crippen LogP contribution >= 0.6 is 0 Å². The molecule has 3 aromatic rings. The highest BCUT2D eigenvalue weighted by molar-refractivity contribution is 5.78. The smallest absolute Gasteiger partial charge is 0.266 e. The number of amides is 1. The molecule has 5 nitrogen and oxygen atoms in total. The molecule has 3 rings (SSSR count). The van der Waals surface area contributed by atoms with Crippen molar-refractivity contribution in [1.82, 2.24) is 14.5 Å². The lowest BCUT2D eigenvalue weighted by atomic mass is 10.0. The van der Waals surface area contributed by atoms with Crippen LogP contribution in [0.15, 0.2) is 59.4 Å². The molecular weight excluding hydrogens is 446 g/mol. The van der Waals surface area contributed by atoms with Crippen molar-refractivity contribution in [2.75, 3.05) is 7.05 Å². The van der Waals surface area contributed by atoms with Crippen molar-refractivity contribution >= 4 is 16.8 Å². The minimum atomic E-state index is -0.331. The number of hydrogen-bond donors (Lipinski definition) is 0. The molecule has 0 aliphatic rings. The summed E-state index contributed by atoms with van der Waals surface area (Å²) >= 11 is 0. The average Bonchev–Trinajstić information content (AvgIpc) is 2.91. The maximum Gasteiger partial charge on any atom is 0.266 e. The van der Waals surface area contributed by atoms with Crippen LogP contribution in [-0.4, -0.2) is 27.4 Å². The molecular formula is C31H43N3O2. The molecule has 0 saturated heterocycles. The van der Waals surface area contributed by atoms with E-state index in [-0.39, 0.29) is 17.5 Å². The van der Waals surface area contributed by atoms with Gasteiger partial charge in [-0.2, -0.15) is 0 Å². The quantitative estimate of drug-likeness (QED) is 0.206. The zero-order valence-electron chi connectivity index (χ0n) is 22.4. The van der Waals surface area contributed by atoms with Gasteiger partial charge in [-0.25, -0.2) is 4.98 Å². The normalized spacial score (nSPS) is 12.1. The van der Waals surface area contributed by atoms with Crippen molar-refractivity contribution in [3.05, 3.63) is 70.8 Å². The second-order valence-corrected chi connectivity index (χ2v) is 9.93. The van der Waals surface area contributed by atoms with Gasteiger partial charge in [0.25, 0.3) is 5.56 Å². The van der Waals surface area contributed by atoms with Gasteiger partial charge in [0.2, 0.25) is 5.91 Å². The van der Waals surface area contributed by atoms with Gasteiger partial charge >= 0.3 is 0 Å². The fraction of sp³-hybridized carbons (Fsp3) is 0.516. The molecule has 5 heteroatoms. The molecule has 1 unspecified atom stereocenters. The summed E-state index contributed by atoms with van der Waals surface area (Å²) in [6, 6.07) is 16.6. The summed E-state index contributed by atoms with van der Waals surface area (Å²) in [4.78, 5) is 33.1. The molecule has 2 aromatic carbocycles. The minimum Gasteiger partial charge on any atom is -0.336 e. The molecule has 0 fully saturated rings. The van der Waals surface area contributed by atoms with E-state index in [4.69, 9.17) is 4.98 Å². The van der Waals surface area contributed by atoms with Crippen LogP contribution < -0.4 is 5.56 Å². The van der Waals surface area contributed by atoms with Crippen molar-refractivity contribution in [3.8, 4) is 5.69 Å². The van der Waals surface area contributed by atoms with Gasteiger partial charge < -0.3 is 4.90 Å². The average molecular weight is 490 g/mol. The Balaban J connectivity index is 1.57. The maximum absolute atomic E-state index is 13.5. The Hall–Kier alpha value is -2.95. The molecule has 1 heterocycles. The maximum atomic E-state index is 13.5. The Morgan fingerprint density at radius 2 is 1.39 bits per heavy atom. The Labute approximate surface area is 216 Å². The van der Waals surface area contributed by atoms with E-state index in [9.17, 15) is 9.59 Å². The molecule has 0 saturated carbocycles. The third-order valence-electron chi connectivity index (χ3n) is 7.16. The van der Waals surface area contributed by atoms with Crippen LogP contribution in [0.25, 0.3) is 16.6 Å². The van der Waals surface area contributed by atoms with Crippen LogP contribution in [0.5, 0.6) is 0 Å². The number of unbranched alkanes of at least 4 members (excludes halogenated alkanes) is 10. The highest BCUT2D eigenvalue weighted by Crippen LogP contribution is 2.23. The largest absolute Gasteiger partial charge is 0.336 e. The van der Waals surface area contributed by atoms with Crippen LogP contribution in [0.4, 0.5) is 0 Å². The third kappa shape index (κ3) is 7.52. The number of carbonyl (C=O) groups is 1. The first-order valence-electron chi connectivity index (χ1n) is 13.9. The van der Waals surface area contributed by atoms with Crippen molar-refractivity contribution in [2.45, 2.75) is 96.9 Å². The van der Waals surface area contributed by atoms with E-state index in [0.717, 1.165) is 18.5 Å². The highest BCUT2D eigenvalue weighted by atomic mass is 16.2. The van der Waals surface area contributed by atoms with Gasteiger partial charge in [0, 0.05) is 13.5 Å². The summed E-state index contributed by atoms with van der Waals surface area (Å²) in [6.07, 6.45) is 14.4. The van der Waals surface area contributed by atoms with Crippen LogP contribution in [0.2, 0.25) is 0 Å². The number of fused-ring (bicyclic) bond motifs is 1. The number of carbonyl (C=O) groups excluding carboxylic acids is 1. The minimum absolute atomic E-state index is 0.0976. The van der Waals surface area contributed by atoms with E-state index < -0.39 is 0 Å². The first kappa shape index (κ1) is 27.6. The lowest BCUT2D eigenvalue weighted by Crippen LogP contribution is -2.34. The van der Waals surface area contributed by atoms with Crippen molar-refractivity contribution in [2.24, 2.45) is 0 Å². The second-order valence-electron chi connectivity index (χ2n) is 9.93. The first-order valence-corrected chi connectivity index (χ1v) is 13.9. The Bertz CT molecular complexity index is 1140. The summed E-state index contributed by atoms with van der Waals surface area (Å²) in [5, 5.41) is 0.576. The molecule has 0 spiro atoms. The van der Waals surface area contributed by atoms with Crippen LogP contribution in [-0.2, 0) is 4.79 Å². The van der Waals surface area contributed by atoms with E-state index in [2.05, 4.69) is 6.92 Å². The van der Waals surface area contributed by atoms with Crippen LogP contribution in [0.3, 0.4) is 0 Å². The molecule has 1 atom stereocenters. The Morgan fingerprint density at radius 1 is 0.833 bits per heavy atom. The second kappa shape index (κ2) is 14.6. The predicted octanol–water partition coefficient (Wildman–Crippen LogP) is 7.61. The lowest BCUT2D eigenvalue weighted by molar-refractivity contribution is -0.132. The molecule has 1 amide bonds. The Kier molecular flexibility index (Phi) is 11.2. The van der Waals surface area contributed by atoms with E-state index in [1.807, 2.05) is 62.5 Å². The summed E-state index contributed by atoms with van der Waals surface area (Å²) in [5.41, 5.74) is 1.30. The molecule has 0 bridgehead atoms. The summed E-state index contributed by atoms with van der Waals surface area (Å²) < 4.78 is 1.65. The van der Waals surface area contributed by atoms with Gasteiger partial charge in [-0.15, -0.1) is 0 Å². The monoisotopic (exact) mass is 489 g/mol. The molecule has 194 valence electrons. The van der Waals surface area contributed by atoms with Gasteiger partial charge in [-0.1, -0.05) is 101 Å². The van der Waals surface area contributed by atoms with Gasteiger partial charge in [0.1, 0.15) is 5.82 Å². The van der Waals surface area contributed by atoms with Crippen molar-refractivity contribution < 1.29 is 4.79 Å².